The first kappa shape index (κ1) is 11.5. The van der Waals surface area contributed by atoms with Crippen LogP contribution < -0.4 is 5.32 Å². The maximum Gasteiger partial charge on any atom is 0.482 e. The predicted molar refractivity (Wildman–Crippen MR) is 37.7 cm³/mol. The van der Waals surface area contributed by atoms with Gasteiger partial charge in [-0.3, -0.25) is 5.32 Å². The lowest BCUT2D eigenvalue weighted by Gasteiger charge is -2.11. The van der Waals surface area contributed by atoms with E-state index in [2.05, 4.69) is 0 Å². The van der Waals surface area contributed by atoms with E-state index >= 15 is 0 Å². The number of nitrogens with one attached hydrogen (secondary N) is 1. The van der Waals surface area contributed by atoms with Crippen molar-refractivity contribution in [3.63, 3.8) is 0 Å². The van der Waals surface area contributed by atoms with E-state index in [1.54, 1.807) is 0 Å². The molecule has 0 aliphatic carbocycles. The van der Waals surface area contributed by atoms with E-state index in [1.165, 1.54) is 0 Å². The third-order valence-corrected chi connectivity index (χ3v) is 1.40. The highest BCUT2D eigenvalue weighted by Gasteiger charge is 2.30. The van der Waals surface area contributed by atoms with Gasteiger partial charge in [0.25, 0.3) is 0 Å². The highest BCUT2D eigenvalue weighted by atomic mass is 19.4. The molecule has 0 heterocycles. The summed E-state index contributed by atoms with van der Waals surface area (Å²) in [5.74, 6) is -7.59. The minimum absolute atomic E-state index is 0.0984. The maximum atomic E-state index is 12.7. The highest BCUT2D eigenvalue weighted by Crippen LogP contribution is 2.30. The lowest BCUT2D eigenvalue weighted by atomic mass is 10.2. The molecule has 0 bridgehead atoms. The van der Waals surface area contributed by atoms with Crippen molar-refractivity contribution in [1.29, 1.82) is 0 Å². The number of halogens is 6. The molecule has 2 N–H and O–H groups in total. The molecule has 1 aromatic carbocycles. The fourth-order valence-corrected chi connectivity index (χ4v) is 0.834. The van der Waals surface area contributed by atoms with Gasteiger partial charge in [0, 0.05) is 6.07 Å². The van der Waals surface area contributed by atoms with Crippen molar-refractivity contribution in [1.82, 2.24) is 0 Å². The van der Waals surface area contributed by atoms with Crippen molar-refractivity contribution in [3.05, 3.63) is 23.5 Å². The van der Waals surface area contributed by atoms with Crippen molar-refractivity contribution in [2.75, 3.05) is 5.32 Å². The summed E-state index contributed by atoms with van der Waals surface area (Å²) in [5, 5.41) is 9.23. The predicted octanol–water partition coefficient (Wildman–Crippen LogP) is 2.74. The Labute approximate surface area is 79.1 Å². The quantitative estimate of drug-likeness (QED) is 0.442. The minimum atomic E-state index is -5.02. The smallest absolute Gasteiger partial charge is 0.482 e. The number of aromatic hydroxyl groups is 1. The van der Waals surface area contributed by atoms with Crippen LogP contribution in [-0.4, -0.2) is 11.4 Å². The zero-order valence-corrected chi connectivity index (χ0v) is 6.79. The molecule has 8 heteroatoms. The van der Waals surface area contributed by atoms with E-state index in [1.807, 2.05) is 0 Å². The Hall–Kier alpha value is -1.60. The second-order valence-electron chi connectivity index (χ2n) is 2.51. The van der Waals surface area contributed by atoms with Crippen molar-refractivity contribution >= 4 is 5.69 Å². The Kier molecular flexibility index (Phi) is 2.69. The van der Waals surface area contributed by atoms with Gasteiger partial charge in [-0.2, -0.15) is 17.6 Å². The molecule has 0 saturated carbocycles. The van der Waals surface area contributed by atoms with Crippen molar-refractivity contribution in [3.8, 4) is 5.75 Å². The Morgan fingerprint density at radius 3 is 2.00 bits per heavy atom. The van der Waals surface area contributed by atoms with E-state index in [0.29, 0.717) is 5.32 Å². The normalized spacial score (nSPS) is 11.6. The van der Waals surface area contributed by atoms with Crippen LogP contribution in [0.1, 0.15) is 0 Å². The van der Waals surface area contributed by atoms with Gasteiger partial charge in [0.15, 0.2) is 17.4 Å². The van der Waals surface area contributed by atoms with Crippen LogP contribution in [0, 0.1) is 17.5 Å². The molecule has 84 valence electrons. The van der Waals surface area contributed by atoms with Gasteiger partial charge in [0.1, 0.15) is 0 Å². The van der Waals surface area contributed by atoms with E-state index in [9.17, 15) is 26.3 Å². The molecule has 15 heavy (non-hydrogen) atoms. The van der Waals surface area contributed by atoms with Crippen molar-refractivity contribution in [2.45, 2.75) is 6.30 Å². The number of hydrogen-bond acceptors (Lipinski definition) is 2. The summed E-state index contributed by atoms with van der Waals surface area (Å²) in [6.07, 6.45) is -5.02. The minimum Gasteiger partial charge on any atom is -0.505 e. The van der Waals surface area contributed by atoms with Gasteiger partial charge in [-0.15, -0.1) is 0 Å². The Morgan fingerprint density at radius 1 is 1.00 bits per heavy atom. The van der Waals surface area contributed by atoms with E-state index in [0.717, 1.165) is 0 Å². The molecule has 1 rings (SSSR count). The molecule has 0 aromatic heterocycles. The largest absolute Gasteiger partial charge is 0.505 e. The number of benzene rings is 1. The third kappa shape index (κ3) is 2.45. The summed E-state index contributed by atoms with van der Waals surface area (Å²) < 4.78 is 72.8. The molecule has 0 radical (unpaired) electrons. The van der Waals surface area contributed by atoms with Gasteiger partial charge in [-0.25, -0.2) is 8.78 Å². The van der Waals surface area contributed by atoms with Crippen molar-refractivity contribution in [2.24, 2.45) is 0 Å². The van der Waals surface area contributed by atoms with Gasteiger partial charge >= 0.3 is 6.30 Å². The second kappa shape index (κ2) is 3.52. The Morgan fingerprint density at radius 2 is 1.53 bits per heavy atom. The molecular formula is C7H3F6NO. The molecule has 0 fully saturated rings. The first-order chi connectivity index (χ1) is 6.72. The molecular weight excluding hydrogens is 228 g/mol. The number of anilines is 1. The van der Waals surface area contributed by atoms with Crippen LogP contribution in [-0.2, 0) is 0 Å². The zero-order valence-electron chi connectivity index (χ0n) is 6.79. The van der Waals surface area contributed by atoms with Crippen LogP contribution in [0.15, 0.2) is 6.07 Å². The van der Waals surface area contributed by atoms with Crippen LogP contribution >= 0.6 is 0 Å². The van der Waals surface area contributed by atoms with Gasteiger partial charge in [0.05, 0.1) is 5.69 Å². The molecule has 0 unspecified atom stereocenters. The number of hydrogen-bond donors (Lipinski definition) is 2. The average molecular weight is 231 g/mol. The van der Waals surface area contributed by atoms with E-state index in [4.69, 9.17) is 5.11 Å². The molecule has 1 aromatic rings. The van der Waals surface area contributed by atoms with Gasteiger partial charge in [-0.1, -0.05) is 0 Å². The summed E-state index contributed by atoms with van der Waals surface area (Å²) in [4.78, 5) is 0. The summed E-state index contributed by atoms with van der Waals surface area (Å²) in [7, 11) is 0. The van der Waals surface area contributed by atoms with E-state index in [-0.39, 0.29) is 6.07 Å². The van der Waals surface area contributed by atoms with Crippen molar-refractivity contribution < 1.29 is 31.4 Å². The number of phenols is 1. The number of rotatable bonds is 1. The number of phenolic OH excluding ortho intramolecular Hbond substituents is 1. The molecule has 0 amide bonds. The van der Waals surface area contributed by atoms with Crippen LogP contribution in [0.4, 0.5) is 32.0 Å². The van der Waals surface area contributed by atoms with E-state index < -0.39 is 35.2 Å². The van der Waals surface area contributed by atoms with Gasteiger partial charge < -0.3 is 5.11 Å². The summed E-state index contributed by atoms with van der Waals surface area (Å²) in [6, 6.07) is 0.0984. The number of alkyl halides is 3. The Balaban J connectivity index is 3.21. The van der Waals surface area contributed by atoms with Crippen LogP contribution in [0.3, 0.4) is 0 Å². The molecule has 0 aliphatic rings. The molecule has 0 atom stereocenters. The SMILES string of the molecule is Oc1cc(NC(F)(F)F)c(F)c(F)c1F. The van der Waals surface area contributed by atoms with Gasteiger partial charge in [-0.05, 0) is 0 Å². The summed E-state index contributed by atoms with van der Waals surface area (Å²) in [6.45, 7) is 0. The zero-order chi connectivity index (χ0) is 11.8. The van der Waals surface area contributed by atoms with Crippen LogP contribution in [0.2, 0.25) is 0 Å². The Bertz CT molecular complexity index is 388. The topological polar surface area (TPSA) is 32.3 Å². The van der Waals surface area contributed by atoms with Crippen LogP contribution in [0.25, 0.3) is 0 Å². The first-order valence-corrected chi connectivity index (χ1v) is 3.43. The van der Waals surface area contributed by atoms with Crippen LogP contribution in [0.5, 0.6) is 5.75 Å². The molecule has 0 aliphatic heterocycles. The maximum absolute atomic E-state index is 12.7. The first-order valence-electron chi connectivity index (χ1n) is 3.43. The molecule has 0 spiro atoms. The average Bonchev–Trinajstić information content (AvgIpc) is 2.08. The second-order valence-corrected chi connectivity index (χ2v) is 2.51. The lowest BCUT2D eigenvalue weighted by molar-refractivity contribution is -0.100. The summed E-state index contributed by atoms with van der Waals surface area (Å²) in [5.41, 5.74) is -1.39. The summed E-state index contributed by atoms with van der Waals surface area (Å²) >= 11 is 0. The van der Waals surface area contributed by atoms with Gasteiger partial charge in [0.2, 0.25) is 5.82 Å². The third-order valence-electron chi connectivity index (χ3n) is 1.40. The lowest BCUT2D eigenvalue weighted by Crippen LogP contribution is -2.22. The molecule has 2 nitrogen and oxygen atoms in total. The standard InChI is InChI=1S/C7H3F6NO/c8-4-2(14-7(11,12)13)1-3(15)5(9)6(4)10/h1,14-15H. The molecule has 0 saturated heterocycles. The monoisotopic (exact) mass is 231 g/mol. The fourth-order valence-electron chi connectivity index (χ4n) is 0.834. The highest BCUT2D eigenvalue weighted by molar-refractivity contribution is 5.50. The fraction of sp³-hybridized carbons (Fsp3) is 0.143.